The minimum absolute atomic E-state index is 0.137. The second-order valence-corrected chi connectivity index (χ2v) is 6.72. The van der Waals surface area contributed by atoms with Crippen LogP contribution in [-0.2, 0) is 12.8 Å². The number of fused-ring (bicyclic) bond motifs is 2. The van der Waals surface area contributed by atoms with Gasteiger partial charge in [-0.3, -0.25) is 0 Å². The van der Waals surface area contributed by atoms with Crippen LogP contribution in [0.3, 0.4) is 0 Å². The van der Waals surface area contributed by atoms with Gasteiger partial charge in [0.2, 0.25) is 0 Å². The first kappa shape index (κ1) is 12.6. The highest BCUT2D eigenvalue weighted by Crippen LogP contribution is 2.45. The van der Waals surface area contributed by atoms with Gasteiger partial charge in [-0.1, -0.05) is 85.7 Å². The van der Waals surface area contributed by atoms with E-state index in [1.165, 1.54) is 22.3 Å². The zero-order valence-electron chi connectivity index (χ0n) is 12.7. The molecule has 0 bridgehead atoms. The molecule has 0 saturated carbocycles. The van der Waals surface area contributed by atoms with E-state index in [1.54, 1.807) is 11.1 Å². The van der Waals surface area contributed by atoms with Crippen LogP contribution < -0.4 is 0 Å². The topological polar surface area (TPSA) is 0 Å². The lowest BCUT2D eigenvalue weighted by atomic mass is 9.75. The number of hydrogen-bond donors (Lipinski definition) is 0. The fourth-order valence-corrected chi connectivity index (χ4v) is 3.57. The van der Waals surface area contributed by atoms with Crippen molar-refractivity contribution in [3.05, 3.63) is 81.9 Å². The van der Waals surface area contributed by atoms with Crippen molar-refractivity contribution in [2.24, 2.45) is 5.41 Å². The predicted molar refractivity (Wildman–Crippen MR) is 90.0 cm³/mol. The Kier molecular flexibility index (Phi) is 2.68. The second kappa shape index (κ2) is 4.46. The summed E-state index contributed by atoms with van der Waals surface area (Å²) >= 11 is 0. The molecular formula is C21H20. The first-order valence-corrected chi connectivity index (χ1v) is 7.72. The van der Waals surface area contributed by atoms with Crippen molar-refractivity contribution in [1.82, 2.24) is 0 Å². The van der Waals surface area contributed by atoms with Crippen molar-refractivity contribution in [3.63, 3.8) is 0 Å². The van der Waals surface area contributed by atoms with E-state index in [0.717, 1.165) is 12.8 Å². The summed E-state index contributed by atoms with van der Waals surface area (Å²) in [6.45, 7) is 4.75. The standard InChI is InChI=1S/C21H20/c1-21(2,19-11-15-7-3-4-8-16(15)12-19)20-13-17-9-5-6-10-18(17)14-20/h3-11,13H,12,14H2,1-2H3. The average molecular weight is 272 g/mol. The van der Waals surface area contributed by atoms with Crippen LogP contribution in [0.2, 0.25) is 0 Å². The van der Waals surface area contributed by atoms with Gasteiger partial charge in [-0.15, -0.1) is 0 Å². The predicted octanol–water partition coefficient (Wildman–Crippen LogP) is 5.29. The van der Waals surface area contributed by atoms with Crippen molar-refractivity contribution in [2.45, 2.75) is 26.7 Å². The Bertz CT molecular complexity index is 707. The molecule has 4 rings (SSSR count). The maximum Gasteiger partial charge on any atom is 0.00773 e. The number of rotatable bonds is 2. The fraction of sp³-hybridized carbons (Fsp3) is 0.238. The third-order valence-corrected chi connectivity index (χ3v) is 5.14. The van der Waals surface area contributed by atoms with Gasteiger partial charge >= 0.3 is 0 Å². The lowest BCUT2D eigenvalue weighted by molar-refractivity contribution is 0.526. The highest BCUT2D eigenvalue weighted by molar-refractivity contribution is 5.70. The highest BCUT2D eigenvalue weighted by Gasteiger charge is 2.32. The molecule has 0 heterocycles. The molecule has 0 aromatic heterocycles. The minimum Gasteiger partial charge on any atom is -0.0619 e. The van der Waals surface area contributed by atoms with Gasteiger partial charge in [0.15, 0.2) is 0 Å². The lowest BCUT2D eigenvalue weighted by Crippen LogP contribution is -2.18. The summed E-state index contributed by atoms with van der Waals surface area (Å²) in [5.74, 6) is 0. The Hall–Kier alpha value is -2.08. The molecule has 0 unspecified atom stereocenters. The smallest absolute Gasteiger partial charge is 0.00773 e. The molecule has 2 aromatic carbocycles. The van der Waals surface area contributed by atoms with Crippen LogP contribution in [0.5, 0.6) is 0 Å². The molecule has 0 radical (unpaired) electrons. The number of benzene rings is 2. The molecule has 2 aromatic rings. The Morgan fingerprint density at radius 2 is 1.10 bits per heavy atom. The highest BCUT2D eigenvalue weighted by atomic mass is 14.4. The zero-order valence-corrected chi connectivity index (χ0v) is 12.7. The molecule has 0 N–H and O–H groups in total. The van der Waals surface area contributed by atoms with E-state index < -0.39 is 0 Å². The van der Waals surface area contributed by atoms with Crippen LogP contribution >= 0.6 is 0 Å². The third kappa shape index (κ3) is 1.98. The van der Waals surface area contributed by atoms with E-state index in [2.05, 4.69) is 74.5 Å². The van der Waals surface area contributed by atoms with E-state index in [1.807, 2.05) is 0 Å². The van der Waals surface area contributed by atoms with Gasteiger partial charge < -0.3 is 0 Å². The quantitative estimate of drug-likeness (QED) is 0.696. The molecule has 2 aliphatic carbocycles. The van der Waals surface area contributed by atoms with Crippen LogP contribution in [0, 0.1) is 5.41 Å². The van der Waals surface area contributed by atoms with Gasteiger partial charge in [-0.2, -0.15) is 0 Å². The first-order valence-electron chi connectivity index (χ1n) is 7.72. The van der Waals surface area contributed by atoms with Gasteiger partial charge in [0.1, 0.15) is 0 Å². The summed E-state index contributed by atoms with van der Waals surface area (Å²) in [5, 5.41) is 0. The molecule has 0 saturated heterocycles. The van der Waals surface area contributed by atoms with Gasteiger partial charge in [0.25, 0.3) is 0 Å². The molecule has 0 nitrogen and oxygen atoms in total. The molecule has 0 fully saturated rings. The van der Waals surface area contributed by atoms with Crippen LogP contribution in [-0.4, -0.2) is 0 Å². The van der Waals surface area contributed by atoms with Crippen LogP contribution in [0.1, 0.15) is 36.1 Å². The lowest BCUT2D eigenvalue weighted by Gasteiger charge is -2.28. The van der Waals surface area contributed by atoms with E-state index in [0.29, 0.717) is 0 Å². The number of hydrogen-bond acceptors (Lipinski definition) is 0. The van der Waals surface area contributed by atoms with Crippen molar-refractivity contribution in [2.75, 3.05) is 0 Å². The molecule has 104 valence electrons. The maximum atomic E-state index is 2.40. The molecule has 0 amide bonds. The van der Waals surface area contributed by atoms with E-state index >= 15 is 0 Å². The van der Waals surface area contributed by atoms with Crippen molar-refractivity contribution < 1.29 is 0 Å². The average Bonchev–Trinajstić information content (AvgIpc) is 3.11. The Morgan fingerprint density at radius 3 is 1.52 bits per heavy atom. The SMILES string of the molecule is CC(C)(C1=Cc2ccccc2C1)C1=Cc2ccccc2C1. The summed E-state index contributed by atoms with van der Waals surface area (Å²) in [5.41, 5.74) is 8.96. The Labute approximate surface area is 126 Å². The number of allylic oxidation sites excluding steroid dienone is 2. The largest absolute Gasteiger partial charge is 0.0619 e. The Morgan fingerprint density at radius 1 is 0.667 bits per heavy atom. The summed E-state index contributed by atoms with van der Waals surface area (Å²) in [4.78, 5) is 0. The fourth-order valence-electron chi connectivity index (χ4n) is 3.57. The molecule has 21 heavy (non-hydrogen) atoms. The monoisotopic (exact) mass is 272 g/mol. The maximum absolute atomic E-state index is 2.40. The van der Waals surface area contributed by atoms with Crippen molar-refractivity contribution in [3.8, 4) is 0 Å². The second-order valence-electron chi connectivity index (χ2n) is 6.72. The summed E-state index contributed by atoms with van der Waals surface area (Å²) in [7, 11) is 0. The molecule has 0 heteroatoms. The first-order chi connectivity index (χ1) is 10.1. The minimum atomic E-state index is 0.137. The summed E-state index contributed by atoms with van der Waals surface area (Å²) in [6, 6.07) is 17.5. The van der Waals surface area contributed by atoms with Gasteiger partial charge in [-0.25, -0.2) is 0 Å². The molecular weight excluding hydrogens is 252 g/mol. The van der Waals surface area contributed by atoms with Crippen molar-refractivity contribution in [1.29, 1.82) is 0 Å². The van der Waals surface area contributed by atoms with Gasteiger partial charge in [0.05, 0.1) is 0 Å². The van der Waals surface area contributed by atoms with Crippen LogP contribution in [0.25, 0.3) is 12.2 Å². The summed E-state index contributed by atoms with van der Waals surface area (Å²) in [6.07, 6.45) is 6.99. The van der Waals surface area contributed by atoms with Gasteiger partial charge in [-0.05, 0) is 35.1 Å². The van der Waals surface area contributed by atoms with E-state index in [9.17, 15) is 0 Å². The van der Waals surface area contributed by atoms with Crippen molar-refractivity contribution >= 4 is 12.2 Å². The molecule has 0 atom stereocenters. The molecule has 2 aliphatic rings. The van der Waals surface area contributed by atoms with E-state index in [4.69, 9.17) is 0 Å². The van der Waals surface area contributed by atoms with E-state index in [-0.39, 0.29) is 5.41 Å². The molecule has 0 spiro atoms. The summed E-state index contributed by atoms with van der Waals surface area (Å²) < 4.78 is 0. The third-order valence-electron chi connectivity index (χ3n) is 5.14. The van der Waals surface area contributed by atoms with Crippen LogP contribution in [0.15, 0.2) is 59.7 Å². The normalized spacial score (nSPS) is 16.3. The molecule has 0 aliphatic heterocycles. The zero-order chi connectivity index (χ0) is 14.4. The van der Waals surface area contributed by atoms with Crippen LogP contribution in [0.4, 0.5) is 0 Å². The van der Waals surface area contributed by atoms with Gasteiger partial charge in [0, 0.05) is 5.41 Å². The Balaban J connectivity index is 1.68.